The van der Waals surface area contributed by atoms with Gasteiger partial charge in [0.15, 0.2) is 0 Å². The molecular weight excluding hydrogens is 322 g/mol. The molecule has 2 rings (SSSR count). The number of carbonyl (C=O) groups excluding carboxylic acids is 2. The van der Waals surface area contributed by atoms with E-state index >= 15 is 0 Å². The van der Waals surface area contributed by atoms with Crippen molar-refractivity contribution in [1.29, 1.82) is 0 Å². The Labute approximate surface area is 148 Å². The summed E-state index contributed by atoms with van der Waals surface area (Å²) in [6.45, 7) is 6.24. The van der Waals surface area contributed by atoms with E-state index in [2.05, 4.69) is 10.3 Å². The number of ether oxygens (including phenoxy) is 2. The van der Waals surface area contributed by atoms with Crippen molar-refractivity contribution >= 4 is 12.0 Å². The van der Waals surface area contributed by atoms with E-state index < -0.39 is 11.7 Å². The highest BCUT2D eigenvalue weighted by molar-refractivity contribution is 5.77. The summed E-state index contributed by atoms with van der Waals surface area (Å²) in [5, 5.41) is 2.61. The minimum atomic E-state index is -0.553. The lowest BCUT2D eigenvalue weighted by molar-refractivity contribution is -0.133. The average molecular weight is 349 g/mol. The van der Waals surface area contributed by atoms with E-state index in [9.17, 15) is 9.59 Å². The van der Waals surface area contributed by atoms with Crippen molar-refractivity contribution in [1.82, 2.24) is 15.2 Å². The fourth-order valence-electron chi connectivity index (χ4n) is 2.78. The molecule has 1 aliphatic heterocycles. The number of likely N-dealkylation sites (N-methyl/N-ethyl adjacent to an activating group) is 1. The van der Waals surface area contributed by atoms with Crippen LogP contribution in [-0.2, 0) is 14.3 Å². The standard InChI is InChI=1S/C18H27N3O4/c1-18(2,3)25-17(23)20-10-7-15(22)21(4)14-8-11-24-16(14)13-6-5-9-19-12-13/h5-6,9,12,14,16H,7-8,10-11H2,1-4H3,(H,20,23)/t14-,16+/m0/s1. The number of amides is 2. The number of hydrogen-bond donors (Lipinski definition) is 1. The Balaban J connectivity index is 1.84. The number of hydrogen-bond acceptors (Lipinski definition) is 5. The summed E-state index contributed by atoms with van der Waals surface area (Å²) in [7, 11) is 1.78. The Hall–Kier alpha value is -2.15. The largest absolute Gasteiger partial charge is 0.444 e. The third-order valence-corrected chi connectivity index (χ3v) is 3.97. The van der Waals surface area contributed by atoms with Gasteiger partial charge in [0.25, 0.3) is 0 Å². The van der Waals surface area contributed by atoms with E-state index in [-0.39, 0.29) is 31.0 Å². The van der Waals surface area contributed by atoms with Crippen LogP contribution in [0.15, 0.2) is 24.5 Å². The van der Waals surface area contributed by atoms with Crippen LogP contribution < -0.4 is 5.32 Å². The zero-order chi connectivity index (χ0) is 18.4. The first-order chi connectivity index (χ1) is 11.8. The molecule has 1 aromatic rings. The second-order valence-corrected chi connectivity index (χ2v) is 7.12. The molecule has 1 fully saturated rings. The van der Waals surface area contributed by atoms with Gasteiger partial charge < -0.3 is 19.7 Å². The number of aromatic nitrogens is 1. The smallest absolute Gasteiger partial charge is 0.407 e. The number of carbonyl (C=O) groups is 2. The van der Waals surface area contributed by atoms with Crippen molar-refractivity contribution < 1.29 is 19.1 Å². The molecule has 25 heavy (non-hydrogen) atoms. The predicted molar refractivity (Wildman–Crippen MR) is 93.0 cm³/mol. The van der Waals surface area contributed by atoms with Gasteiger partial charge in [-0.2, -0.15) is 0 Å². The number of rotatable bonds is 5. The second-order valence-electron chi connectivity index (χ2n) is 7.12. The van der Waals surface area contributed by atoms with Gasteiger partial charge in [0.2, 0.25) is 5.91 Å². The van der Waals surface area contributed by atoms with Crippen LogP contribution in [0, 0.1) is 0 Å². The summed E-state index contributed by atoms with van der Waals surface area (Å²) in [4.78, 5) is 29.9. The van der Waals surface area contributed by atoms with E-state index in [0.717, 1.165) is 12.0 Å². The molecule has 2 heterocycles. The fourth-order valence-corrected chi connectivity index (χ4v) is 2.78. The first-order valence-electron chi connectivity index (χ1n) is 8.52. The highest BCUT2D eigenvalue weighted by Crippen LogP contribution is 2.32. The molecule has 1 aliphatic rings. The molecule has 1 aromatic heterocycles. The van der Waals surface area contributed by atoms with Crippen molar-refractivity contribution in [2.24, 2.45) is 0 Å². The molecule has 1 saturated heterocycles. The van der Waals surface area contributed by atoms with Gasteiger partial charge in [-0.05, 0) is 33.3 Å². The molecule has 7 heteroatoms. The third-order valence-electron chi connectivity index (χ3n) is 3.97. The van der Waals surface area contributed by atoms with Crippen LogP contribution in [0.1, 0.15) is 45.3 Å². The van der Waals surface area contributed by atoms with Crippen LogP contribution in [-0.4, -0.2) is 53.7 Å². The van der Waals surface area contributed by atoms with Crippen molar-refractivity contribution in [3.63, 3.8) is 0 Å². The van der Waals surface area contributed by atoms with Gasteiger partial charge in [0.05, 0.1) is 6.04 Å². The minimum absolute atomic E-state index is 0.0294. The highest BCUT2D eigenvalue weighted by Gasteiger charge is 2.34. The normalized spacial score (nSPS) is 20.2. The quantitative estimate of drug-likeness (QED) is 0.882. The molecule has 0 aromatic carbocycles. The maximum absolute atomic E-state index is 12.4. The highest BCUT2D eigenvalue weighted by atomic mass is 16.6. The molecule has 0 saturated carbocycles. The number of pyridine rings is 1. The molecule has 0 bridgehead atoms. The van der Waals surface area contributed by atoms with E-state index in [4.69, 9.17) is 9.47 Å². The third kappa shape index (κ3) is 5.70. The second kappa shape index (κ2) is 8.29. The van der Waals surface area contributed by atoms with Gasteiger partial charge in [-0.1, -0.05) is 6.07 Å². The van der Waals surface area contributed by atoms with E-state index in [1.165, 1.54) is 0 Å². The maximum Gasteiger partial charge on any atom is 0.407 e. The van der Waals surface area contributed by atoms with Crippen LogP contribution in [0.5, 0.6) is 0 Å². The summed E-state index contributed by atoms with van der Waals surface area (Å²) < 4.78 is 10.9. The van der Waals surface area contributed by atoms with Gasteiger partial charge >= 0.3 is 6.09 Å². The van der Waals surface area contributed by atoms with Crippen LogP contribution in [0.3, 0.4) is 0 Å². The summed E-state index contributed by atoms with van der Waals surface area (Å²) in [5.74, 6) is -0.0413. The summed E-state index contributed by atoms with van der Waals surface area (Å²) in [5.41, 5.74) is 0.416. The van der Waals surface area contributed by atoms with Crippen molar-refractivity contribution in [2.75, 3.05) is 20.2 Å². The zero-order valence-electron chi connectivity index (χ0n) is 15.3. The van der Waals surface area contributed by atoms with Gasteiger partial charge in [-0.15, -0.1) is 0 Å². The molecule has 138 valence electrons. The topological polar surface area (TPSA) is 80.8 Å². The maximum atomic E-state index is 12.4. The first-order valence-corrected chi connectivity index (χ1v) is 8.52. The lowest BCUT2D eigenvalue weighted by Gasteiger charge is -2.29. The Kier molecular flexibility index (Phi) is 6.36. The first kappa shape index (κ1) is 19.2. The van der Waals surface area contributed by atoms with E-state index in [0.29, 0.717) is 6.61 Å². The van der Waals surface area contributed by atoms with Crippen LogP contribution >= 0.6 is 0 Å². The van der Waals surface area contributed by atoms with Gasteiger partial charge in [0.1, 0.15) is 11.7 Å². The van der Waals surface area contributed by atoms with E-state index in [1.54, 1.807) is 45.1 Å². The SMILES string of the molecule is CN(C(=O)CCNC(=O)OC(C)(C)C)[C@H]1CCO[C@@H]1c1cccnc1. The fraction of sp³-hybridized carbons (Fsp3) is 0.611. The molecule has 7 nitrogen and oxygen atoms in total. The number of alkyl carbamates (subject to hydrolysis) is 1. The van der Waals surface area contributed by atoms with Gasteiger partial charge in [0, 0.05) is 44.6 Å². The molecule has 1 N–H and O–H groups in total. The molecule has 2 atom stereocenters. The van der Waals surface area contributed by atoms with Crippen molar-refractivity contribution in [2.45, 2.75) is 51.4 Å². The Morgan fingerprint density at radius 2 is 2.20 bits per heavy atom. The monoisotopic (exact) mass is 349 g/mol. The Morgan fingerprint density at radius 1 is 1.44 bits per heavy atom. The molecule has 2 amide bonds. The predicted octanol–water partition coefficient (Wildman–Crippen LogP) is 2.28. The molecule has 0 unspecified atom stereocenters. The summed E-state index contributed by atoms with van der Waals surface area (Å²) in [6.07, 6.45) is 3.80. The number of nitrogens with zero attached hydrogens (tertiary/aromatic N) is 2. The van der Waals surface area contributed by atoms with Crippen LogP contribution in [0.25, 0.3) is 0 Å². The van der Waals surface area contributed by atoms with Gasteiger partial charge in [-0.3, -0.25) is 9.78 Å². The Bertz CT molecular complexity index is 586. The van der Waals surface area contributed by atoms with Crippen LogP contribution in [0.4, 0.5) is 4.79 Å². The molecule has 0 aliphatic carbocycles. The average Bonchev–Trinajstić information content (AvgIpc) is 3.02. The Morgan fingerprint density at radius 3 is 2.84 bits per heavy atom. The minimum Gasteiger partial charge on any atom is -0.444 e. The summed E-state index contributed by atoms with van der Waals surface area (Å²) in [6, 6.07) is 3.79. The lowest BCUT2D eigenvalue weighted by atomic mass is 10.0. The summed E-state index contributed by atoms with van der Waals surface area (Å²) >= 11 is 0. The van der Waals surface area contributed by atoms with E-state index in [1.807, 2.05) is 12.1 Å². The van der Waals surface area contributed by atoms with Gasteiger partial charge in [-0.25, -0.2) is 4.79 Å². The molecular formula is C18H27N3O4. The van der Waals surface area contributed by atoms with Crippen molar-refractivity contribution in [3.05, 3.63) is 30.1 Å². The van der Waals surface area contributed by atoms with Crippen molar-refractivity contribution in [3.8, 4) is 0 Å². The number of nitrogens with one attached hydrogen (secondary N) is 1. The molecule has 0 spiro atoms. The zero-order valence-corrected chi connectivity index (χ0v) is 15.3. The lowest BCUT2D eigenvalue weighted by Crippen LogP contribution is -2.41. The molecule has 0 radical (unpaired) electrons. The van der Waals surface area contributed by atoms with Crippen LogP contribution in [0.2, 0.25) is 0 Å².